The number of aliphatic hydroxyl groups is 2. The first-order chi connectivity index (χ1) is 7.06. The van der Waals surface area contributed by atoms with E-state index < -0.39 is 30.1 Å². The summed E-state index contributed by atoms with van der Waals surface area (Å²) in [7, 11) is 0. The summed E-state index contributed by atoms with van der Waals surface area (Å²) in [5.74, 6) is -2.15. The van der Waals surface area contributed by atoms with Gasteiger partial charge in [0.2, 0.25) is 1.43 Å². The first-order valence-corrected chi connectivity index (χ1v) is 3.91. The Balaban J connectivity index is 0.00000225. The third-order valence-corrected chi connectivity index (χ3v) is 1.83. The molecule has 84 valence electrons. The van der Waals surface area contributed by atoms with Crippen LogP contribution in [0.25, 0.3) is 0 Å². The fraction of sp³-hybridized carbons (Fsp3) is 0.571. The predicted molar refractivity (Wildman–Crippen MR) is 43.4 cm³/mol. The van der Waals surface area contributed by atoms with Gasteiger partial charge in [-0.25, -0.2) is 0 Å². The van der Waals surface area contributed by atoms with Gasteiger partial charge in [0, 0.05) is 31.1 Å². The monoisotopic (exact) mass is 443 g/mol. The number of carbonyl (C=O) groups is 2. The zero-order valence-corrected chi connectivity index (χ0v) is 11.8. The van der Waals surface area contributed by atoms with Gasteiger partial charge in [0.1, 0.15) is 0 Å². The van der Waals surface area contributed by atoms with Crippen LogP contribution in [0.4, 0.5) is 0 Å². The Kier molecular flexibility index (Phi) is 5.57. The Hall–Kier alpha value is -0.128. The molecule has 5 N–H and O–H groups in total. The third kappa shape index (κ3) is 3.74. The van der Waals surface area contributed by atoms with Crippen molar-refractivity contribution in [3.63, 3.8) is 0 Å². The normalized spacial score (nSPS) is 30.2. The van der Waals surface area contributed by atoms with E-state index in [-0.39, 0.29) is 37.7 Å². The van der Waals surface area contributed by atoms with E-state index in [4.69, 9.17) is 11.9 Å². The van der Waals surface area contributed by atoms with Crippen LogP contribution in [0, 0.1) is 37.7 Å². The Morgan fingerprint density at radius 3 is 2.87 bits per heavy atom. The Labute approximate surface area is 111 Å². The Morgan fingerprint density at radius 1 is 1.67 bits per heavy atom. The molecule has 0 aliphatic carbocycles. The number of hydrogen-bond donors (Lipinski definition) is 4. The molecule has 0 spiro atoms. The number of hydrogen-bond acceptors (Lipinski definition) is 5. The van der Waals surface area contributed by atoms with E-state index in [0.717, 1.165) is 6.61 Å². The van der Waals surface area contributed by atoms with E-state index in [0.29, 0.717) is 0 Å². The van der Waals surface area contributed by atoms with Crippen LogP contribution >= 0.6 is 0 Å². The maximum Gasteiger partial charge on any atom is 0.307 e. The molecule has 0 aromatic carbocycles. The average molecular weight is 443 g/mol. The van der Waals surface area contributed by atoms with Gasteiger partial charge in [0.25, 0.3) is 0 Å². The quantitative estimate of drug-likeness (QED) is 0.272. The molecule has 1 aliphatic rings. The molecule has 1 unspecified atom stereocenters. The number of nitrogens with two attached hydrogens (primary N) is 1. The van der Waals surface area contributed by atoms with Crippen LogP contribution in [0.15, 0.2) is 0 Å². The summed E-state index contributed by atoms with van der Waals surface area (Å²) < 4.78 is 11.4. The van der Waals surface area contributed by atoms with Crippen molar-refractivity contribution in [1.82, 2.24) is 5.32 Å². The molecule has 7 nitrogen and oxygen atoms in total. The number of rotatable bonds is 3. The SMILES string of the molecule is [3H]OC[C@H]1O[CH-]C(NC(=O)C(N)=O)[C@H]1O.[U]. The van der Waals surface area contributed by atoms with Gasteiger partial charge in [-0.2, -0.15) is 6.61 Å². The summed E-state index contributed by atoms with van der Waals surface area (Å²) in [4.78, 5) is 21.3. The fourth-order valence-electron chi connectivity index (χ4n) is 1.06. The second-order valence-corrected chi connectivity index (χ2v) is 2.83. The molecule has 0 saturated carbocycles. The van der Waals surface area contributed by atoms with Gasteiger partial charge in [-0.3, -0.25) is 9.59 Å². The van der Waals surface area contributed by atoms with Crippen molar-refractivity contribution in [2.24, 2.45) is 5.73 Å². The van der Waals surface area contributed by atoms with Crippen molar-refractivity contribution >= 4 is 11.8 Å². The van der Waals surface area contributed by atoms with Crippen molar-refractivity contribution in [2.75, 3.05) is 6.61 Å². The Bertz CT molecular complexity index is 267. The molecule has 0 aromatic rings. The zero-order valence-electron chi connectivity index (χ0n) is 8.67. The standard InChI is InChI=1S/C7H11N2O5.U/c8-6(12)7(13)9-3-2-14-4(1-10)5(3)11;/h2-5,10-11H,1H2,(H2,8,12)(H,9,13);/q-1;/t3?,4-,5-;/m1./s1/i10T;. The molecule has 1 saturated heterocycles. The van der Waals surface area contributed by atoms with E-state index in [1.807, 2.05) is 0 Å². The molecule has 1 aliphatic heterocycles. The number of amides is 2. The fourth-order valence-corrected chi connectivity index (χ4v) is 1.06. The molecule has 8 heteroatoms. The van der Waals surface area contributed by atoms with Gasteiger partial charge in [0.15, 0.2) is 0 Å². The average Bonchev–Trinajstić information content (AvgIpc) is 2.50. The molecule has 1 fully saturated rings. The van der Waals surface area contributed by atoms with Gasteiger partial charge in [-0.05, 0) is 6.04 Å². The van der Waals surface area contributed by atoms with E-state index >= 15 is 0 Å². The minimum atomic E-state index is -1.14. The van der Waals surface area contributed by atoms with Crippen LogP contribution in [-0.2, 0) is 14.3 Å². The molecular weight excluding hydrogens is 430 g/mol. The van der Waals surface area contributed by atoms with Crippen molar-refractivity contribution in [1.29, 1.82) is 1.43 Å². The largest absolute Gasteiger partial charge is 0.544 e. The van der Waals surface area contributed by atoms with Gasteiger partial charge in [0.05, 0.1) is 18.8 Å². The summed E-state index contributed by atoms with van der Waals surface area (Å²) in [6.45, 7) is 1.02. The topological polar surface area (TPSA) is 122 Å². The van der Waals surface area contributed by atoms with Crippen LogP contribution in [0.5, 0.6) is 0 Å². The third-order valence-electron chi connectivity index (χ3n) is 1.83. The number of ether oxygens (including phenoxy) is 1. The molecule has 15 heavy (non-hydrogen) atoms. The number of nitrogens with one attached hydrogen (secondary N) is 1. The predicted octanol–water partition coefficient (Wildman–Crippen LogP) is -3.13. The zero-order chi connectivity index (χ0) is 11.4. The molecule has 3 atom stereocenters. The van der Waals surface area contributed by atoms with E-state index in [1.54, 1.807) is 0 Å². The van der Waals surface area contributed by atoms with Gasteiger partial charge < -0.3 is 26.0 Å². The van der Waals surface area contributed by atoms with Gasteiger partial charge in [-0.15, -0.1) is 0 Å². The van der Waals surface area contributed by atoms with Crippen LogP contribution in [-0.4, -0.2) is 48.3 Å². The van der Waals surface area contributed by atoms with Crippen LogP contribution < -0.4 is 11.1 Å². The number of carbonyl (C=O) groups excluding carboxylic acids is 2. The number of primary amides is 1. The van der Waals surface area contributed by atoms with Crippen LogP contribution in [0.2, 0.25) is 0 Å². The minimum Gasteiger partial charge on any atom is -0.544 e. The summed E-state index contributed by atoms with van der Waals surface area (Å²) in [6.07, 6.45) is -1.81. The van der Waals surface area contributed by atoms with Gasteiger partial charge >= 0.3 is 11.8 Å². The van der Waals surface area contributed by atoms with Gasteiger partial charge in [-0.1, -0.05) is 0 Å². The first kappa shape index (κ1) is 12.9. The number of aliphatic hydroxyl groups excluding tert-OH is 2. The molecule has 0 aromatic heterocycles. The summed E-state index contributed by atoms with van der Waals surface area (Å²) in [5, 5.41) is 15.7. The second kappa shape index (κ2) is 6.45. The molecule has 2 amide bonds. The maximum absolute atomic E-state index is 10.9. The second-order valence-electron chi connectivity index (χ2n) is 2.83. The van der Waals surface area contributed by atoms with Crippen molar-refractivity contribution in [3.05, 3.63) is 6.61 Å². The summed E-state index contributed by atoms with van der Waals surface area (Å²) in [5.41, 5.74) is 4.71. The van der Waals surface area contributed by atoms with Crippen molar-refractivity contribution < 1.29 is 55.7 Å². The van der Waals surface area contributed by atoms with Crippen molar-refractivity contribution in [2.45, 2.75) is 18.2 Å². The van der Waals surface area contributed by atoms with Crippen LogP contribution in [0.3, 0.4) is 0 Å². The first-order valence-electron chi connectivity index (χ1n) is 4.32. The molecule has 0 radical (unpaired) electrons. The molecule has 1 rings (SSSR count). The van der Waals surface area contributed by atoms with E-state index in [1.165, 1.54) is 0 Å². The van der Waals surface area contributed by atoms with E-state index in [9.17, 15) is 14.7 Å². The van der Waals surface area contributed by atoms with Crippen molar-refractivity contribution in [3.8, 4) is 0 Å². The van der Waals surface area contributed by atoms with E-state index in [2.05, 4.69) is 10.4 Å². The Morgan fingerprint density at radius 2 is 2.33 bits per heavy atom. The molecular formula is C7H11N2O5U-. The summed E-state index contributed by atoms with van der Waals surface area (Å²) >= 11 is 0. The molecule has 1 heterocycles. The smallest absolute Gasteiger partial charge is 0.307 e. The minimum absolute atomic E-state index is 0. The van der Waals surface area contributed by atoms with Crippen LogP contribution in [0.1, 0.15) is 0 Å². The summed E-state index contributed by atoms with van der Waals surface area (Å²) in [6, 6.07) is -0.829. The maximum atomic E-state index is 10.9. The molecule has 0 bridgehead atoms.